The molecule has 0 atom stereocenters. The van der Waals surface area contributed by atoms with Crippen LogP contribution >= 0.6 is 0 Å². The van der Waals surface area contributed by atoms with Crippen molar-refractivity contribution in [1.82, 2.24) is 9.78 Å². The molecule has 1 fully saturated rings. The third-order valence-electron chi connectivity index (χ3n) is 3.86. The molecule has 2 aromatic rings. The standard InChI is InChI=1S/C16H22N4/c1-19-13-15(12-18-19)17-11-14-5-7-16(8-6-14)20-9-3-2-4-10-20/h5-8,12-13,17H,2-4,9-11H2,1H3. The molecule has 3 rings (SSSR count). The van der Waals surface area contributed by atoms with Gasteiger partial charge in [-0.1, -0.05) is 12.1 Å². The lowest BCUT2D eigenvalue weighted by molar-refractivity contribution is 0.578. The zero-order chi connectivity index (χ0) is 13.8. The highest BCUT2D eigenvalue weighted by Gasteiger charge is 2.10. The highest BCUT2D eigenvalue weighted by atomic mass is 15.3. The normalized spacial score (nSPS) is 15.3. The maximum Gasteiger partial charge on any atom is 0.0729 e. The van der Waals surface area contributed by atoms with Crippen LogP contribution in [0.15, 0.2) is 36.7 Å². The second kappa shape index (κ2) is 5.99. The minimum atomic E-state index is 0.839. The third-order valence-corrected chi connectivity index (χ3v) is 3.86. The molecular formula is C16H22N4. The molecular weight excluding hydrogens is 248 g/mol. The lowest BCUT2D eigenvalue weighted by Crippen LogP contribution is -2.29. The summed E-state index contributed by atoms with van der Waals surface area (Å²) in [5.41, 5.74) is 3.72. The summed E-state index contributed by atoms with van der Waals surface area (Å²) in [4.78, 5) is 2.49. The Morgan fingerprint density at radius 2 is 1.85 bits per heavy atom. The number of nitrogens with zero attached hydrogens (tertiary/aromatic N) is 3. The molecule has 0 bridgehead atoms. The van der Waals surface area contributed by atoms with Crippen LogP contribution < -0.4 is 10.2 Å². The number of hydrogen-bond donors (Lipinski definition) is 1. The fraction of sp³-hybridized carbons (Fsp3) is 0.438. The summed E-state index contributed by atoms with van der Waals surface area (Å²) < 4.78 is 1.81. The van der Waals surface area contributed by atoms with Crippen molar-refractivity contribution in [3.63, 3.8) is 0 Å². The van der Waals surface area contributed by atoms with Crippen molar-refractivity contribution in [3.05, 3.63) is 42.2 Å². The Morgan fingerprint density at radius 3 is 2.50 bits per heavy atom. The van der Waals surface area contributed by atoms with Crippen LogP contribution in [0.5, 0.6) is 0 Å². The summed E-state index contributed by atoms with van der Waals surface area (Å²) in [6.07, 6.45) is 7.86. The van der Waals surface area contributed by atoms with Crippen LogP contribution in [-0.4, -0.2) is 22.9 Å². The van der Waals surface area contributed by atoms with Crippen molar-refractivity contribution in [1.29, 1.82) is 0 Å². The van der Waals surface area contributed by atoms with E-state index in [2.05, 4.69) is 39.6 Å². The van der Waals surface area contributed by atoms with Crippen LogP contribution in [0.2, 0.25) is 0 Å². The maximum atomic E-state index is 4.15. The van der Waals surface area contributed by atoms with Gasteiger partial charge in [0.1, 0.15) is 0 Å². The molecule has 1 N–H and O–H groups in total. The molecule has 1 aromatic heterocycles. The number of nitrogens with one attached hydrogen (secondary N) is 1. The first kappa shape index (κ1) is 13.0. The van der Waals surface area contributed by atoms with Gasteiger partial charge in [-0.25, -0.2) is 0 Å². The average Bonchev–Trinajstić information content (AvgIpc) is 2.92. The highest BCUT2D eigenvalue weighted by molar-refractivity contribution is 5.48. The number of piperidine rings is 1. The molecule has 4 heteroatoms. The maximum absolute atomic E-state index is 4.15. The Kier molecular flexibility index (Phi) is 3.90. The van der Waals surface area contributed by atoms with E-state index in [4.69, 9.17) is 0 Å². The number of rotatable bonds is 4. The van der Waals surface area contributed by atoms with E-state index in [9.17, 15) is 0 Å². The van der Waals surface area contributed by atoms with Gasteiger partial charge >= 0.3 is 0 Å². The molecule has 0 radical (unpaired) electrons. The van der Waals surface area contributed by atoms with Gasteiger partial charge in [0, 0.05) is 38.6 Å². The molecule has 1 saturated heterocycles. The van der Waals surface area contributed by atoms with E-state index in [0.717, 1.165) is 12.2 Å². The van der Waals surface area contributed by atoms with E-state index in [-0.39, 0.29) is 0 Å². The van der Waals surface area contributed by atoms with E-state index < -0.39 is 0 Å². The molecule has 1 aromatic carbocycles. The molecule has 20 heavy (non-hydrogen) atoms. The van der Waals surface area contributed by atoms with Crippen molar-refractivity contribution in [3.8, 4) is 0 Å². The first-order valence-corrected chi connectivity index (χ1v) is 7.38. The molecule has 0 saturated carbocycles. The summed E-state index contributed by atoms with van der Waals surface area (Å²) in [5.74, 6) is 0. The van der Waals surface area contributed by atoms with Gasteiger partial charge in [-0.15, -0.1) is 0 Å². The second-order valence-corrected chi connectivity index (χ2v) is 5.47. The molecule has 0 spiro atoms. The van der Waals surface area contributed by atoms with Gasteiger partial charge in [0.05, 0.1) is 11.9 Å². The lowest BCUT2D eigenvalue weighted by atomic mass is 10.1. The number of anilines is 2. The summed E-state index contributed by atoms with van der Waals surface area (Å²) in [6.45, 7) is 3.24. The van der Waals surface area contributed by atoms with Gasteiger partial charge in [0.25, 0.3) is 0 Å². The molecule has 4 nitrogen and oxygen atoms in total. The van der Waals surface area contributed by atoms with E-state index in [1.54, 1.807) is 0 Å². The Hall–Kier alpha value is -1.97. The summed E-state index contributed by atoms with van der Waals surface area (Å²) in [6, 6.07) is 8.91. The molecule has 2 heterocycles. The van der Waals surface area contributed by atoms with Crippen LogP contribution in [0.3, 0.4) is 0 Å². The topological polar surface area (TPSA) is 33.1 Å². The third kappa shape index (κ3) is 3.13. The fourth-order valence-corrected chi connectivity index (χ4v) is 2.69. The van der Waals surface area contributed by atoms with Gasteiger partial charge in [-0.2, -0.15) is 5.10 Å². The fourth-order valence-electron chi connectivity index (χ4n) is 2.69. The van der Waals surface area contributed by atoms with Gasteiger partial charge < -0.3 is 10.2 Å². The second-order valence-electron chi connectivity index (χ2n) is 5.47. The molecule has 0 aliphatic carbocycles. The van der Waals surface area contributed by atoms with E-state index >= 15 is 0 Å². The summed E-state index contributed by atoms with van der Waals surface area (Å²) in [7, 11) is 1.93. The SMILES string of the molecule is Cn1cc(NCc2ccc(N3CCCCC3)cc2)cn1. The van der Waals surface area contributed by atoms with Crippen LogP contribution in [0.4, 0.5) is 11.4 Å². The van der Waals surface area contributed by atoms with Crippen LogP contribution in [-0.2, 0) is 13.6 Å². The lowest BCUT2D eigenvalue weighted by Gasteiger charge is -2.28. The number of aryl methyl sites for hydroxylation is 1. The predicted octanol–water partition coefficient (Wildman–Crippen LogP) is 3.02. The molecule has 1 aliphatic heterocycles. The summed E-state index contributed by atoms with van der Waals surface area (Å²) in [5, 5.41) is 7.54. The van der Waals surface area contributed by atoms with Crippen LogP contribution in [0.1, 0.15) is 24.8 Å². The van der Waals surface area contributed by atoms with Crippen molar-refractivity contribution in [2.24, 2.45) is 7.05 Å². The Bertz CT molecular complexity index is 538. The zero-order valence-electron chi connectivity index (χ0n) is 12.0. The van der Waals surface area contributed by atoms with Crippen molar-refractivity contribution >= 4 is 11.4 Å². The Morgan fingerprint density at radius 1 is 1.10 bits per heavy atom. The van der Waals surface area contributed by atoms with Gasteiger partial charge in [-0.3, -0.25) is 4.68 Å². The number of hydrogen-bond acceptors (Lipinski definition) is 3. The van der Waals surface area contributed by atoms with E-state index in [0.29, 0.717) is 0 Å². The molecule has 0 amide bonds. The monoisotopic (exact) mass is 270 g/mol. The average molecular weight is 270 g/mol. The summed E-state index contributed by atoms with van der Waals surface area (Å²) >= 11 is 0. The minimum Gasteiger partial charge on any atom is -0.378 e. The van der Waals surface area contributed by atoms with Crippen LogP contribution in [0.25, 0.3) is 0 Å². The van der Waals surface area contributed by atoms with Gasteiger partial charge in [-0.05, 0) is 37.0 Å². The predicted molar refractivity (Wildman–Crippen MR) is 83.0 cm³/mol. The minimum absolute atomic E-state index is 0.839. The smallest absolute Gasteiger partial charge is 0.0729 e. The van der Waals surface area contributed by atoms with Gasteiger partial charge in [0.15, 0.2) is 0 Å². The largest absolute Gasteiger partial charge is 0.378 e. The van der Waals surface area contributed by atoms with Crippen molar-refractivity contribution in [2.45, 2.75) is 25.8 Å². The molecule has 106 valence electrons. The van der Waals surface area contributed by atoms with E-state index in [1.165, 1.54) is 43.6 Å². The van der Waals surface area contributed by atoms with Gasteiger partial charge in [0.2, 0.25) is 0 Å². The van der Waals surface area contributed by atoms with Crippen LogP contribution in [0, 0.1) is 0 Å². The number of aromatic nitrogens is 2. The Balaban J connectivity index is 1.58. The highest BCUT2D eigenvalue weighted by Crippen LogP contribution is 2.20. The van der Waals surface area contributed by atoms with Crippen molar-refractivity contribution < 1.29 is 0 Å². The number of benzene rings is 1. The molecule has 0 unspecified atom stereocenters. The first-order chi connectivity index (χ1) is 9.81. The first-order valence-electron chi connectivity index (χ1n) is 7.38. The quantitative estimate of drug-likeness (QED) is 0.927. The van der Waals surface area contributed by atoms with Crippen molar-refractivity contribution in [2.75, 3.05) is 23.3 Å². The zero-order valence-corrected chi connectivity index (χ0v) is 12.0. The van der Waals surface area contributed by atoms with E-state index in [1.807, 2.05) is 24.1 Å². The Labute approximate surface area is 120 Å². The molecule has 1 aliphatic rings.